The topological polar surface area (TPSA) is 39.6 Å². The highest BCUT2D eigenvalue weighted by atomic mass is 16.3. The number of aromatic nitrogens is 1. The molecule has 18 heavy (non-hydrogen) atoms. The SMILES string of the molecule is CC1CN(c2ccc([C@H](C)O)cn2)CC1N(C)C. The number of nitrogens with zero attached hydrogens (tertiary/aromatic N) is 3. The van der Waals surface area contributed by atoms with Crippen LogP contribution in [0.1, 0.15) is 25.5 Å². The fourth-order valence-electron chi connectivity index (χ4n) is 2.64. The fourth-order valence-corrected chi connectivity index (χ4v) is 2.64. The minimum atomic E-state index is -0.446. The van der Waals surface area contributed by atoms with Crippen LogP contribution < -0.4 is 4.90 Å². The highest BCUT2D eigenvalue weighted by Crippen LogP contribution is 2.25. The molecule has 4 nitrogen and oxygen atoms in total. The second-order valence-electron chi connectivity index (χ2n) is 5.54. The molecular formula is C14H23N3O. The fraction of sp³-hybridized carbons (Fsp3) is 0.643. The molecule has 0 spiro atoms. The number of anilines is 1. The second kappa shape index (κ2) is 5.24. The van der Waals surface area contributed by atoms with Gasteiger partial charge in [0.05, 0.1) is 6.10 Å². The van der Waals surface area contributed by atoms with Crippen LogP contribution in [-0.4, -0.2) is 48.2 Å². The van der Waals surface area contributed by atoms with Crippen molar-refractivity contribution in [3.05, 3.63) is 23.9 Å². The normalized spacial score (nSPS) is 25.8. The van der Waals surface area contributed by atoms with Crippen molar-refractivity contribution in [1.29, 1.82) is 0 Å². The lowest BCUT2D eigenvalue weighted by molar-refractivity contribution is 0.199. The Hall–Kier alpha value is -1.13. The third-order valence-electron chi connectivity index (χ3n) is 3.81. The van der Waals surface area contributed by atoms with E-state index in [-0.39, 0.29) is 0 Å². The summed E-state index contributed by atoms with van der Waals surface area (Å²) in [5.41, 5.74) is 0.871. The van der Waals surface area contributed by atoms with E-state index in [2.05, 4.69) is 35.8 Å². The lowest BCUT2D eigenvalue weighted by atomic mass is 10.1. The molecule has 1 aliphatic heterocycles. The van der Waals surface area contributed by atoms with Crippen molar-refractivity contribution in [2.24, 2.45) is 5.92 Å². The zero-order chi connectivity index (χ0) is 13.3. The van der Waals surface area contributed by atoms with E-state index in [4.69, 9.17) is 0 Å². The van der Waals surface area contributed by atoms with Crippen LogP contribution in [0.15, 0.2) is 18.3 Å². The summed E-state index contributed by atoms with van der Waals surface area (Å²) in [5.74, 6) is 1.66. The summed E-state index contributed by atoms with van der Waals surface area (Å²) in [6.45, 7) is 6.12. The molecule has 1 aromatic rings. The number of hydrogen-bond donors (Lipinski definition) is 1. The van der Waals surface area contributed by atoms with Crippen LogP contribution in [0.25, 0.3) is 0 Å². The second-order valence-corrected chi connectivity index (χ2v) is 5.54. The Morgan fingerprint density at radius 2 is 2.11 bits per heavy atom. The molecule has 0 bridgehead atoms. The van der Waals surface area contributed by atoms with E-state index >= 15 is 0 Å². The molecule has 1 aliphatic rings. The predicted octanol–water partition coefficient (Wildman–Crippen LogP) is 1.52. The molecule has 0 radical (unpaired) electrons. The number of likely N-dealkylation sites (N-methyl/N-ethyl adjacent to an activating group) is 1. The van der Waals surface area contributed by atoms with Crippen LogP contribution in [0.4, 0.5) is 5.82 Å². The third kappa shape index (κ3) is 2.65. The first kappa shape index (κ1) is 13.3. The molecule has 0 saturated carbocycles. The Balaban J connectivity index is 2.09. The maximum Gasteiger partial charge on any atom is 0.128 e. The first-order valence-corrected chi connectivity index (χ1v) is 6.54. The van der Waals surface area contributed by atoms with Gasteiger partial charge in [-0.3, -0.25) is 0 Å². The number of pyridine rings is 1. The van der Waals surface area contributed by atoms with E-state index in [0.29, 0.717) is 12.0 Å². The molecule has 0 aliphatic carbocycles. The van der Waals surface area contributed by atoms with Crippen molar-refractivity contribution in [2.75, 3.05) is 32.1 Å². The first-order chi connectivity index (χ1) is 8.49. The summed E-state index contributed by atoms with van der Waals surface area (Å²) >= 11 is 0. The van der Waals surface area contributed by atoms with Crippen LogP contribution in [0.5, 0.6) is 0 Å². The third-order valence-corrected chi connectivity index (χ3v) is 3.81. The zero-order valence-corrected chi connectivity index (χ0v) is 11.7. The number of aliphatic hydroxyl groups is 1. The first-order valence-electron chi connectivity index (χ1n) is 6.54. The van der Waals surface area contributed by atoms with Crippen molar-refractivity contribution in [3.8, 4) is 0 Å². The maximum absolute atomic E-state index is 9.48. The molecule has 0 amide bonds. The lowest BCUT2D eigenvalue weighted by Crippen LogP contribution is -2.34. The highest BCUT2D eigenvalue weighted by Gasteiger charge is 2.31. The average Bonchev–Trinajstić information content (AvgIpc) is 2.71. The van der Waals surface area contributed by atoms with E-state index in [0.717, 1.165) is 24.5 Å². The molecule has 0 aromatic carbocycles. The summed E-state index contributed by atoms with van der Waals surface area (Å²) in [6, 6.07) is 4.55. The Morgan fingerprint density at radius 3 is 2.56 bits per heavy atom. The Kier molecular flexibility index (Phi) is 3.88. The van der Waals surface area contributed by atoms with Crippen molar-refractivity contribution < 1.29 is 5.11 Å². The van der Waals surface area contributed by atoms with Gasteiger partial charge in [-0.2, -0.15) is 0 Å². The minimum Gasteiger partial charge on any atom is -0.389 e. The van der Waals surface area contributed by atoms with Crippen LogP contribution >= 0.6 is 0 Å². The number of rotatable bonds is 3. The van der Waals surface area contributed by atoms with Gasteiger partial charge in [-0.1, -0.05) is 13.0 Å². The molecular weight excluding hydrogens is 226 g/mol. The van der Waals surface area contributed by atoms with Crippen molar-refractivity contribution in [2.45, 2.75) is 26.0 Å². The van der Waals surface area contributed by atoms with Crippen LogP contribution in [0.2, 0.25) is 0 Å². The van der Waals surface area contributed by atoms with E-state index in [9.17, 15) is 5.11 Å². The lowest BCUT2D eigenvalue weighted by Gasteiger charge is -2.22. The smallest absolute Gasteiger partial charge is 0.128 e. The van der Waals surface area contributed by atoms with Gasteiger partial charge < -0.3 is 14.9 Å². The van der Waals surface area contributed by atoms with Gasteiger partial charge in [0.2, 0.25) is 0 Å². The summed E-state index contributed by atoms with van der Waals surface area (Å²) in [6.07, 6.45) is 1.33. The van der Waals surface area contributed by atoms with Crippen LogP contribution in [0.3, 0.4) is 0 Å². The van der Waals surface area contributed by atoms with E-state index < -0.39 is 6.10 Å². The van der Waals surface area contributed by atoms with Gasteiger partial charge in [-0.05, 0) is 38.6 Å². The number of aliphatic hydroxyl groups excluding tert-OH is 1. The Morgan fingerprint density at radius 1 is 1.39 bits per heavy atom. The molecule has 3 atom stereocenters. The Labute approximate surface area is 109 Å². The minimum absolute atomic E-state index is 0.446. The van der Waals surface area contributed by atoms with Crippen LogP contribution in [0, 0.1) is 5.92 Å². The molecule has 1 aromatic heterocycles. The van der Waals surface area contributed by atoms with Crippen molar-refractivity contribution in [1.82, 2.24) is 9.88 Å². The molecule has 2 unspecified atom stereocenters. The summed E-state index contributed by atoms with van der Waals surface area (Å²) in [7, 11) is 4.27. The highest BCUT2D eigenvalue weighted by molar-refractivity contribution is 5.41. The molecule has 2 heterocycles. The van der Waals surface area contributed by atoms with Gasteiger partial charge in [0.1, 0.15) is 5.82 Å². The molecule has 1 saturated heterocycles. The number of hydrogen-bond acceptors (Lipinski definition) is 4. The van der Waals surface area contributed by atoms with Crippen LogP contribution in [-0.2, 0) is 0 Å². The standard InChI is InChI=1S/C14H23N3O/c1-10-8-17(9-13(10)16(3)4)14-6-5-12(7-15-14)11(2)18/h5-7,10-11,13,18H,8-9H2,1-4H3/t10?,11-,13?/m0/s1. The average molecular weight is 249 g/mol. The maximum atomic E-state index is 9.48. The zero-order valence-electron chi connectivity index (χ0n) is 11.7. The van der Waals surface area contributed by atoms with Gasteiger partial charge in [-0.15, -0.1) is 0 Å². The van der Waals surface area contributed by atoms with Gasteiger partial charge in [-0.25, -0.2) is 4.98 Å². The van der Waals surface area contributed by atoms with Gasteiger partial charge in [0.15, 0.2) is 0 Å². The predicted molar refractivity (Wildman–Crippen MR) is 73.7 cm³/mol. The molecule has 1 N–H and O–H groups in total. The summed E-state index contributed by atoms with van der Waals surface area (Å²) in [5, 5.41) is 9.48. The van der Waals surface area contributed by atoms with Gasteiger partial charge in [0, 0.05) is 25.3 Å². The van der Waals surface area contributed by atoms with E-state index in [1.54, 1.807) is 13.1 Å². The Bertz CT molecular complexity index is 389. The monoisotopic (exact) mass is 249 g/mol. The quantitative estimate of drug-likeness (QED) is 0.881. The van der Waals surface area contributed by atoms with E-state index in [1.165, 1.54) is 0 Å². The van der Waals surface area contributed by atoms with Gasteiger partial charge in [0.25, 0.3) is 0 Å². The summed E-state index contributed by atoms with van der Waals surface area (Å²) in [4.78, 5) is 9.06. The van der Waals surface area contributed by atoms with Gasteiger partial charge >= 0.3 is 0 Å². The molecule has 100 valence electrons. The largest absolute Gasteiger partial charge is 0.389 e. The van der Waals surface area contributed by atoms with Crippen molar-refractivity contribution >= 4 is 5.82 Å². The molecule has 1 fully saturated rings. The summed E-state index contributed by atoms with van der Waals surface area (Å²) < 4.78 is 0. The van der Waals surface area contributed by atoms with Crippen molar-refractivity contribution in [3.63, 3.8) is 0 Å². The van der Waals surface area contributed by atoms with E-state index in [1.807, 2.05) is 12.1 Å². The molecule has 2 rings (SSSR count). The molecule has 4 heteroatoms.